The normalized spacial score (nSPS) is 20.4. The summed E-state index contributed by atoms with van der Waals surface area (Å²) in [6, 6.07) is 3.64. The van der Waals surface area contributed by atoms with Gasteiger partial charge in [0.15, 0.2) is 6.17 Å². The molecule has 0 N–H and O–H groups in total. The fourth-order valence-corrected chi connectivity index (χ4v) is 3.70. The summed E-state index contributed by atoms with van der Waals surface area (Å²) in [5.41, 5.74) is 0. The number of aliphatic imine (C=N–C) groups is 1. The Kier molecular flexibility index (Phi) is 4.66. The van der Waals surface area contributed by atoms with Crippen LogP contribution in [0.3, 0.4) is 0 Å². The Bertz CT molecular complexity index is 660. The van der Waals surface area contributed by atoms with E-state index in [1.54, 1.807) is 0 Å². The highest BCUT2D eigenvalue weighted by atomic mass is 79.9. The van der Waals surface area contributed by atoms with Crippen LogP contribution in [0.4, 0.5) is 4.39 Å². The molecule has 1 heterocycles. The molecule has 1 unspecified atom stereocenters. The van der Waals surface area contributed by atoms with Gasteiger partial charge >= 0.3 is 0 Å². The van der Waals surface area contributed by atoms with Gasteiger partial charge in [-0.15, -0.1) is 0 Å². The molecule has 1 aromatic rings. The number of benzene rings is 1. The van der Waals surface area contributed by atoms with Gasteiger partial charge in [0.25, 0.3) is 0 Å². The summed E-state index contributed by atoms with van der Waals surface area (Å²) < 4.78 is 45.1. The third-order valence-electron chi connectivity index (χ3n) is 2.74. The Morgan fingerprint density at radius 3 is 2.90 bits per heavy atom. The summed E-state index contributed by atoms with van der Waals surface area (Å²) in [7, 11) is -4.10. The van der Waals surface area contributed by atoms with Gasteiger partial charge in [-0.2, -0.15) is 9.30 Å². The molecule has 1 fully saturated rings. The lowest BCUT2D eigenvalue weighted by atomic mass is 10.3. The van der Waals surface area contributed by atoms with Gasteiger partial charge in [0.05, 0.1) is 13.2 Å². The molecule has 0 aromatic heterocycles. The van der Waals surface area contributed by atoms with Gasteiger partial charge in [-0.05, 0) is 18.2 Å². The fraction of sp³-hybridized carbons (Fsp3) is 0.364. The molecule has 1 aliphatic rings. The first-order valence-corrected chi connectivity index (χ1v) is 7.82. The number of isocyanates is 1. The zero-order valence-corrected chi connectivity index (χ0v) is 12.5. The van der Waals surface area contributed by atoms with Gasteiger partial charge in [0, 0.05) is 11.0 Å². The maximum atomic E-state index is 13.8. The molecule has 2 rings (SSSR count). The largest absolute Gasteiger partial charge is 0.376 e. The van der Waals surface area contributed by atoms with E-state index < -0.39 is 26.9 Å². The van der Waals surface area contributed by atoms with Crippen LogP contribution < -0.4 is 0 Å². The molecule has 9 heteroatoms. The summed E-state index contributed by atoms with van der Waals surface area (Å²) in [5, 5.41) is 0. The number of morpholine rings is 1. The molecular weight excluding hydrogens is 355 g/mol. The van der Waals surface area contributed by atoms with E-state index in [1.807, 2.05) is 0 Å². The van der Waals surface area contributed by atoms with Crippen LogP contribution in [0.15, 0.2) is 32.6 Å². The van der Waals surface area contributed by atoms with Crippen LogP contribution in [0.25, 0.3) is 0 Å². The minimum atomic E-state index is -4.10. The average Bonchev–Trinajstić information content (AvgIpc) is 2.39. The molecule has 0 radical (unpaired) electrons. The summed E-state index contributed by atoms with van der Waals surface area (Å²) in [4.78, 5) is 13.3. The van der Waals surface area contributed by atoms with Gasteiger partial charge in [-0.3, -0.25) is 0 Å². The van der Waals surface area contributed by atoms with Crippen LogP contribution in [0.2, 0.25) is 0 Å². The summed E-state index contributed by atoms with van der Waals surface area (Å²) in [5.74, 6) is -0.875. The number of carbonyl (C=O) groups excluding carboxylic acids is 1. The molecule has 6 nitrogen and oxygen atoms in total. The lowest BCUT2D eigenvalue weighted by molar-refractivity contribution is 0.0358. The molecule has 1 atom stereocenters. The summed E-state index contributed by atoms with van der Waals surface area (Å²) >= 11 is 3.06. The minimum absolute atomic E-state index is 0.00627. The van der Waals surface area contributed by atoms with E-state index >= 15 is 0 Å². The van der Waals surface area contributed by atoms with E-state index in [1.165, 1.54) is 12.1 Å². The van der Waals surface area contributed by atoms with Crippen molar-refractivity contribution in [1.82, 2.24) is 4.31 Å². The topological polar surface area (TPSA) is 76.0 Å². The van der Waals surface area contributed by atoms with Crippen molar-refractivity contribution in [3.8, 4) is 0 Å². The van der Waals surface area contributed by atoms with E-state index in [-0.39, 0.29) is 19.8 Å². The van der Waals surface area contributed by atoms with Crippen molar-refractivity contribution in [3.05, 3.63) is 28.5 Å². The van der Waals surface area contributed by atoms with Crippen LogP contribution in [-0.2, 0) is 19.6 Å². The average molecular weight is 365 g/mol. The highest BCUT2D eigenvalue weighted by Crippen LogP contribution is 2.25. The number of ether oxygens (including phenoxy) is 1. The first-order valence-electron chi connectivity index (χ1n) is 5.58. The monoisotopic (exact) mass is 364 g/mol. The van der Waals surface area contributed by atoms with Crippen molar-refractivity contribution >= 4 is 32.0 Å². The van der Waals surface area contributed by atoms with Crippen LogP contribution in [0.1, 0.15) is 0 Å². The van der Waals surface area contributed by atoms with Crippen molar-refractivity contribution < 1.29 is 22.3 Å². The van der Waals surface area contributed by atoms with E-state index in [9.17, 15) is 17.6 Å². The lowest BCUT2D eigenvalue weighted by Crippen LogP contribution is -2.47. The van der Waals surface area contributed by atoms with E-state index in [2.05, 4.69) is 20.9 Å². The Labute approximate surface area is 123 Å². The predicted molar refractivity (Wildman–Crippen MR) is 70.7 cm³/mol. The maximum absolute atomic E-state index is 13.8. The maximum Gasteiger partial charge on any atom is 0.248 e. The second-order valence-electron chi connectivity index (χ2n) is 3.97. The Hall–Kier alpha value is -1.12. The van der Waals surface area contributed by atoms with Crippen molar-refractivity contribution in [2.45, 2.75) is 11.1 Å². The lowest BCUT2D eigenvalue weighted by Gasteiger charge is -2.31. The second kappa shape index (κ2) is 6.11. The van der Waals surface area contributed by atoms with E-state index in [4.69, 9.17) is 4.74 Å². The second-order valence-corrected chi connectivity index (χ2v) is 6.74. The molecule has 1 aromatic carbocycles. The number of rotatable bonds is 3. The number of nitrogens with zero attached hydrogens (tertiary/aromatic N) is 2. The molecule has 1 aliphatic heterocycles. The fourth-order valence-electron chi connectivity index (χ4n) is 1.83. The minimum Gasteiger partial charge on any atom is -0.376 e. The molecule has 0 saturated carbocycles. The number of sulfonamides is 1. The van der Waals surface area contributed by atoms with Gasteiger partial charge in [0.1, 0.15) is 10.7 Å². The predicted octanol–water partition coefficient (Wildman–Crippen LogP) is 1.27. The molecule has 1 saturated heterocycles. The van der Waals surface area contributed by atoms with E-state index in [0.29, 0.717) is 4.47 Å². The smallest absolute Gasteiger partial charge is 0.248 e. The molecular formula is C11H10BrFN2O4S. The third-order valence-corrected chi connectivity index (χ3v) is 5.16. The van der Waals surface area contributed by atoms with Crippen LogP contribution in [0, 0.1) is 5.82 Å². The van der Waals surface area contributed by atoms with Gasteiger partial charge < -0.3 is 4.74 Å². The van der Waals surface area contributed by atoms with Gasteiger partial charge in [-0.25, -0.2) is 17.6 Å². The quantitative estimate of drug-likeness (QED) is 0.597. The molecule has 0 amide bonds. The number of halogens is 2. The summed E-state index contributed by atoms with van der Waals surface area (Å²) in [6.45, 7) is 0.0859. The SMILES string of the molecule is O=C=NC1COCCN1S(=O)(=O)c1ccc(Br)cc1F. The first kappa shape index (κ1) is 15.3. The van der Waals surface area contributed by atoms with Crippen molar-refractivity contribution in [3.63, 3.8) is 0 Å². The highest BCUT2D eigenvalue weighted by Gasteiger charge is 2.35. The Morgan fingerprint density at radius 2 is 2.25 bits per heavy atom. The number of hydrogen-bond acceptors (Lipinski definition) is 5. The van der Waals surface area contributed by atoms with Gasteiger partial charge in [0.2, 0.25) is 16.1 Å². The van der Waals surface area contributed by atoms with Crippen LogP contribution in [0.5, 0.6) is 0 Å². The molecule has 0 aliphatic carbocycles. The third kappa shape index (κ3) is 2.97. The number of hydrogen-bond donors (Lipinski definition) is 0. The Balaban J connectivity index is 2.44. The first-order chi connectivity index (χ1) is 9.46. The van der Waals surface area contributed by atoms with Crippen LogP contribution >= 0.6 is 15.9 Å². The summed E-state index contributed by atoms with van der Waals surface area (Å²) in [6.07, 6.45) is 0.283. The van der Waals surface area contributed by atoms with Gasteiger partial charge in [-0.1, -0.05) is 15.9 Å². The molecule has 20 heavy (non-hydrogen) atoms. The molecule has 0 bridgehead atoms. The zero-order valence-electron chi connectivity index (χ0n) is 10.1. The highest BCUT2D eigenvalue weighted by molar-refractivity contribution is 9.10. The molecule has 108 valence electrons. The van der Waals surface area contributed by atoms with Crippen molar-refractivity contribution in [2.24, 2.45) is 4.99 Å². The van der Waals surface area contributed by atoms with Crippen molar-refractivity contribution in [2.75, 3.05) is 19.8 Å². The molecule has 0 spiro atoms. The zero-order chi connectivity index (χ0) is 14.8. The van der Waals surface area contributed by atoms with Crippen LogP contribution in [-0.4, -0.2) is 44.7 Å². The van der Waals surface area contributed by atoms with Crippen molar-refractivity contribution in [1.29, 1.82) is 0 Å². The standard InChI is InChI=1S/C11H10BrFN2O4S/c12-8-1-2-10(9(13)5-8)20(17,18)15-3-4-19-6-11(15)14-7-16/h1-2,5,11H,3-4,6H2. The Morgan fingerprint density at radius 1 is 1.50 bits per heavy atom. The van der Waals surface area contributed by atoms with E-state index in [0.717, 1.165) is 16.4 Å².